The van der Waals surface area contributed by atoms with E-state index >= 15 is 0 Å². The van der Waals surface area contributed by atoms with Gasteiger partial charge in [-0.15, -0.1) is 0 Å². The average molecular weight is 245 g/mol. The molecule has 0 atom stereocenters. The number of rotatable bonds is 3. The third-order valence-electron chi connectivity index (χ3n) is 2.82. The molecule has 1 aromatic carbocycles. The number of aliphatic carboxylic acids is 1. The molecule has 0 radical (unpaired) electrons. The smallest absolute Gasteiger partial charge is 0.347 e. The van der Waals surface area contributed by atoms with Crippen LogP contribution < -0.4 is 4.74 Å². The van der Waals surface area contributed by atoms with E-state index in [9.17, 15) is 4.79 Å². The number of aromatic nitrogens is 1. The second-order valence-electron chi connectivity index (χ2n) is 4.72. The van der Waals surface area contributed by atoms with Gasteiger partial charge in [0, 0.05) is 11.6 Å². The van der Waals surface area contributed by atoms with Gasteiger partial charge in [-0.2, -0.15) is 0 Å². The number of hydrogen-bond donors (Lipinski definition) is 1. The molecule has 1 aromatic heterocycles. The fourth-order valence-electron chi connectivity index (χ4n) is 1.66. The number of hydrogen-bond acceptors (Lipinski definition) is 3. The maximum atomic E-state index is 11.0. The van der Waals surface area contributed by atoms with Gasteiger partial charge in [0.25, 0.3) is 0 Å². The minimum atomic E-state index is -1.25. The van der Waals surface area contributed by atoms with Crippen molar-refractivity contribution in [1.29, 1.82) is 0 Å². The Kier molecular flexibility index (Phi) is 2.95. The molecule has 0 aliphatic rings. The van der Waals surface area contributed by atoms with Crippen molar-refractivity contribution in [3.63, 3.8) is 0 Å². The Morgan fingerprint density at radius 2 is 2.06 bits per heavy atom. The number of pyridine rings is 1. The summed E-state index contributed by atoms with van der Waals surface area (Å²) in [7, 11) is 0. The highest BCUT2D eigenvalue weighted by Gasteiger charge is 2.29. The van der Waals surface area contributed by atoms with E-state index < -0.39 is 11.6 Å². The Bertz CT molecular complexity index is 605. The van der Waals surface area contributed by atoms with Crippen molar-refractivity contribution in [3.8, 4) is 5.75 Å². The molecule has 1 heterocycles. The van der Waals surface area contributed by atoms with Gasteiger partial charge in [-0.05, 0) is 50.6 Å². The molecule has 0 fully saturated rings. The summed E-state index contributed by atoms with van der Waals surface area (Å²) in [6.07, 6.45) is 1.75. The quantitative estimate of drug-likeness (QED) is 0.903. The van der Waals surface area contributed by atoms with E-state index in [-0.39, 0.29) is 0 Å². The van der Waals surface area contributed by atoms with E-state index in [0.29, 0.717) is 5.75 Å². The summed E-state index contributed by atoms with van der Waals surface area (Å²) >= 11 is 0. The van der Waals surface area contributed by atoms with Crippen molar-refractivity contribution in [2.24, 2.45) is 0 Å². The van der Waals surface area contributed by atoms with Crippen molar-refractivity contribution in [3.05, 3.63) is 36.0 Å². The lowest BCUT2D eigenvalue weighted by molar-refractivity contribution is -0.152. The highest BCUT2D eigenvalue weighted by atomic mass is 16.5. The number of benzene rings is 1. The van der Waals surface area contributed by atoms with E-state index in [4.69, 9.17) is 9.84 Å². The highest BCUT2D eigenvalue weighted by molar-refractivity contribution is 5.83. The third kappa shape index (κ3) is 2.27. The molecule has 2 rings (SSSR count). The van der Waals surface area contributed by atoms with Crippen LogP contribution in [0.4, 0.5) is 0 Å². The largest absolute Gasteiger partial charge is 0.478 e. The van der Waals surface area contributed by atoms with Crippen molar-refractivity contribution in [1.82, 2.24) is 4.98 Å². The predicted molar refractivity (Wildman–Crippen MR) is 68.8 cm³/mol. The van der Waals surface area contributed by atoms with Gasteiger partial charge in [-0.1, -0.05) is 0 Å². The van der Waals surface area contributed by atoms with Crippen molar-refractivity contribution < 1.29 is 14.6 Å². The highest BCUT2D eigenvalue weighted by Crippen LogP contribution is 2.25. The standard InChI is InChI=1S/C14H15NO3/c1-9-6-7-15-12-5-4-10(8-11(9)12)18-14(2,3)13(16)17/h4-8H,1-3H3,(H,16,17). The minimum absolute atomic E-state index is 0.533. The van der Waals surface area contributed by atoms with Gasteiger partial charge >= 0.3 is 5.97 Å². The number of fused-ring (bicyclic) bond motifs is 1. The Hall–Kier alpha value is -2.10. The molecule has 18 heavy (non-hydrogen) atoms. The van der Waals surface area contributed by atoms with E-state index in [1.165, 1.54) is 13.8 Å². The van der Waals surface area contributed by atoms with Crippen LogP contribution in [-0.2, 0) is 4.79 Å². The van der Waals surface area contributed by atoms with Crippen LogP contribution in [0.1, 0.15) is 19.4 Å². The first-order chi connectivity index (χ1) is 8.40. The van der Waals surface area contributed by atoms with Crippen molar-refractivity contribution in [2.75, 3.05) is 0 Å². The number of ether oxygens (including phenoxy) is 1. The zero-order valence-corrected chi connectivity index (χ0v) is 10.6. The average Bonchev–Trinajstić information content (AvgIpc) is 2.29. The molecule has 0 saturated carbocycles. The van der Waals surface area contributed by atoms with E-state index in [1.54, 1.807) is 12.3 Å². The molecule has 2 aromatic rings. The lowest BCUT2D eigenvalue weighted by atomic mass is 10.1. The second kappa shape index (κ2) is 4.29. The Balaban J connectivity index is 2.42. The SMILES string of the molecule is Cc1ccnc2ccc(OC(C)(C)C(=O)O)cc12. The summed E-state index contributed by atoms with van der Waals surface area (Å²) in [4.78, 5) is 15.3. The number of carbonyl (C=O) groups is 1. The van der Waals surface area contributed by atoms with Crippen LogP contribution in [0.15, 0.2) is 30.5 Å². The molecule has 0 amide bonds. The number of aryl methyl sites for hydroxylation is 1. The van der Waals surface area contributed by atoms with Gasteiger partial charge in [0.2, 0.25) is 0 Å². The molecule has 0 bridgehead atoms. The molecule has 0 saturated heterocycles. The second-order valence-corrected chi connectivity index (χ2v) is 4.72. The molecule has 1 N–H and O–H groups in total. The van der Waals surface area contributed by atoms with E-state index in [0.717, 1.165) is 16.5 Å². The summed E-state index contributed by atoms with van der Waals surface area (Å²) in [5.41, 5.74) is 0.707. The van der Waals surface area contributed by atoms with Crippen molar-refractivity contribution >= 4 is 16.9 Å². The number of nitrogens with zero attached hydrogens (tertiary/aromatic N) is 1. The molecular weight excluding hydrogens is 230 g/mol. The van der Waals surface area contributed by atoms with Crippen LogP contribution in [0.5, 0.6) is 5.75 Å². The molecule has 0 spiro atoms. The maximum Gasteiger partial charge on any atom is 0.347 e. The maximum absolute atomic E-state index is 11.0. The fourth-order valence-corrected chi connectivity index (χ4v) is 1.66. The zero-order valence-electron chi connectivity index (χ0n) is 10.6. The summed E-state index contributed by atoms with van der Waals surface area (Å²) in [6.45, 7) is 5.03. The molecule has 0 unspecified atom stereocenters. The summed E-state index contributed by atoms with van der Waals surface area (Å²) in [5, 5.41) is 10.0. The first kappa shape index (κ1) is 12.4. The van der Waals surface area contributed by atoms with Crippen LogP contribution in [-0.4, -0.2) is 21.7 Å². The van der Waals surface area contributed by atoms with Gasteiger partial charge in [0.15, 0.2) is 5.60 Å². The van der Waals surface area contributed by atoms with Crippen molar-refractivity contribution in [2.45, 2.75) is 26.4 Å². The van der Waals surface area contributed by atoms with Crippen LogP contribution >= 0.6 is 0 Å². The topological polar surface area (TPSA) is 59.4 Å². The van der Waals surface area contributed by atoms with Gasteiger partial charge in [-0.25, -0.2) is 4.79 Å². The third-order valence-corrected chi connectivity index (χ3v) is 2.82. The first-order valence-electron chi connectivity index (χ1n) is 5.68. The normalized spacial score (nSPS) is 11.5. The summed E-state index contributed by atoms with van der Waals surface area (Å²) in [6, 6.07) is 7.30. The zero-order chi connectivity index (χ0) is 13.3. The lowest BCUT2D eigenvalue weighted by Gasteiger charge is -2.21. The predicted octanol–water partition coefficient (Wildman–Crippen LogP) is 2.79. The van der Waals surface area contributed by atoms with E-state index in [1.807, 2.05) is 25.1 Å². The number of carboxylic acids is 1. The molecule has 0 aliphatic heterocycles. The van der Waals surface area contributed by atoms with E-state index in [2.05, 4.69) is 4.98 Å². The van der Waals surface area contributed by atoms with Gasteiger partial charge < -0.3 is 9.84 Å². The van der Waals surface area contributed by atoms with Crippen LogP contribution in [0.3, 0.4) is 0 Å². The minimum Gasteiger partial charge on any atom is -0.478 e. The lowest BCUT2D eigenvalue weighted by Crippen LogP contribution is -2.37. The van der Waals surface area contributed by atoms with Gasteiger partial charge in [0.1, 0.15) is 5.75 Å². The number of carboxylic acid groups (broad SMARTS) is 1. The molecule has 4 nitrogen and oxygen atoms in total. The molecule has 94 valence electrons. The molecule has 4 heteroatoms. The van der Waals surface area contributed by atoms with Gasteiger partial charge in [-0.3, -0.25) is 4.98 Å². The molecule has 0 aliphatic carbocycles. The first-order valence-corrected chi connectivity index (χ1v) is 5.68. The van der Waals surface area contributed by atoms with Crippen LogP contribution in [0.2, 0.25) is 0 Å². The Morgan fingerprint density at radius 1 is 1.33 bits per heavy atom. The monoisotopic (exact) mass is 245 g/mol. The van der Waals surface area contributed by atoms with Gasteiger partial charge in [0.05, 0.1) is 5.52 Å². The van der Waals surface area contributed by atoms with Crippen LogP contribution in [0, 0.1) is 6.92 Å². The van der Waals surface area contributed by atoms with Crippen LogP contribution in [0.25, 0.3) is 10.9 Å². The molecular formula is C14H15NO3. The Labute approximate surface area is 105 Å². The fraction of sp³-hybridized carbons (Fsp3) is 0.286. The summed E-state index contributed by atoms with van der Waals surface area (Å²) in [5.74, 6) is -0.462. The summed E-state index contributed by atoms with van der Waals surface area (Å²) < 4.78 is 5.50. The Morgan fingerprint density at radius 3 is 2.72 bits per heavy atom.